The van der Waals surface area contributed by atoms with E-state index in [1.165, 1.54) is 16.2 Å². The number of aromatic nitrogens is 2. The number of thiazole rings is 1. The number of methoxy groups -OCH3 is 1. The van der Waals surface area contributed by atoms with Gasteiger partial charge in [-0.1, -0.05) is 32.4 Å². The topological polar surface area (TPSA) is 169 Å². The molecule has 0 radical (unpaired) electrons. The number of allylic oxidation sites excluding steroid dienone is 1. The molecule has 1 aromatic carbocycles. The van der Waals surface area contributed by atoms with Gasteiger partial charge < -0.3 is 25.0 Å². The van der Waals surface area contributed by atoms with E-state index in [0.717, 1.165) is 47.3 Å². The summed E-state index contributed by atoms with van der Waals surface area (Å²) in [5.41, 5.74) is 1.71. The maximum atomic E-state index is 14.2. The molecule has 7 rings (SSSR count). The lowest BCUT2D eigenvalue weighted by molar-refractivity contribution is -0.131. The minimum atomic E-state index is -3.84. The molecule has 278 valence electrons. The number of pyridine rings is 1. The zero-order valence-corrected chi connectivity index (χ0v) is 31.6. The van der Waals surface area contributed by atoms with Crippen molar-refractivity contribution >= 4 is 50.1 Å². The van der Waals surface area contributed by atoms with Crippen molar-refractivity contribution in [2.24, 2.45) is 5.92 Å². The fourth-order valence-corrected chi connectivity index (χ4v) is 9.40. The van der Waals surface area contributed by atoms with Crippen LogP contribution in [0.1, 0.15) is 82.4 Å². The van der Waals surface area contributed by atoms with E-state index in [-0.39, 0.29) is 31.2 Å². The number of sulfonamides is 1. The Morgan fingerprint density at radius 1 is 1.13 bits per heavy atom. The molecule has 2 aliphatic carbocycles. The van der Waals surface area contributed by atoms with Crippen LogP contribution in [0.4, 0.5) is 4.79 Å². The molecule has 3 N–H and O–H groups in total. The van der Waals surface area contributed by atoms with Gasteiger partial charge in [0, 0.05) is 41.3 Å². The number of rotatable bonds is 8. The Morgan fingerprint density at radius 2 is 1.94 bits per heavy atom. The summed E-state index contributed by atoms with van der Waals surface area (Å²) < 4.78 is 40.1. The average molecular weight is 751 g/mol. The predicted octanol–water partition coefficient (Wildman–Crippen LogP) is 4.94. The smallest absolute Gasteiger partial charge is 0.318 e. The molecule has 2 aliphatic heterocycles. The van der Waals surface area contributed by atoms with E-state index in [4.69, 9.17) is 19.4 Å². The van der Waals surface area contributed by atoms with E-state index in [0.29, 0.717) is 42.1 Å². The standard InChI is InChI=1S/C37H46N6O7S2/c1-21(2)28-20-51-34(40-28)27-17-31(26-13-14-30(49-4)22(3)32(26)39-27)50-24-16-29-33(44)41-37(35(45)42-52(47,48)25-11-12-25)18-23(37)10-8-6-5-7-9-15-38-36(46)43(29)19-24/h8,10,13-14,17,20-21,23-25,29H,5-7,9,11-12,15-16,18-19H2,1-4H3,(H,38,46)(H,41,44)(H,42,45)/b10-8-/t23-,24-,29?,37-/m1/s1. The van der Waals surface area contributed by atoms with Crippen LogP contribution in [0.2, 0.25) is 0 Å². The van der Waals surface area contributed by atoms with Gasteiger partial charge in [-0.05, 0) is 63.5 Å². The summed E-state index contributed by atoms with van der Waals surface area (Å²) >= 11 is 1.50. The number of nitrogens with zero attached hydrogens (tertiary/aromatic N) is 3. The molecule has 1 saturated heterocycles. The van der Waals surface area contributed by atoms with Crippen LogP contribution in [0.5, 0.6) is 11.5 Å². The van der Waals surface area contributed by atoms with Crippen molar-refractivity contribution in [2.75, 3.05) is 20.2 Å². The van der Waals surface area contributed by atoms with Crippen LogP contribution < -0.4 is 24.8 Å². The molecule has 4 atom stereocenters. The molecular formula is C37H46N6O7S2. The first kappa shape index (κ1) is 36.1. The van der Waals surface area contributed by atoms with Crippen molar-refractivity contribution < 1.29 is 32.3 Å². The van der Waals surface area contributed by atoms with Gasteiger partial charge in [0.25, 0.3) is 5.91 Å². The third-order valence-corrected chi connectivity index (χ3v) is 13.2. The molecule has 0 spiro atoms. The summed E-state index contributed by atoms with van der Waals surface area (Å²) in [7, 11) is -2.23. The SMILES string of the molecule is COc1ccc2c(O[C@@H]3CC4C(=O)N[C@]5(C(=O)NS(=O)(=O)C6CC6)C[C@H]5/C=C\CCCCCNC(=O)N4C3)cc(-c3nc(C(C)C)cs3)nc2c1C. The lowest BCUT2D eigenvalue weighted by Crippen LogP contribution is -2.57. The second kappa shape index (κ2) is 14.3. The fraction of sp³-hybridized carbons (Fsp3) is 0.541. The first-order chi connectivity index (χ1) is 24.9. The zero-order valence-electron chi connectivity index (χ0n) is 29.9. The molecule has 4 aliphatic rings. The second-order valence-corrected chi connectivity index (χ2v) is 17.4. The predicted molar refractivity (Wildman–Crippen MR) is 198 cm³/mol. The molecule has 3 aromatic rings. The number of carbonyl (C=O) groups is 3. The molecule has 2 aromatic heterocycles. The first-order valence-corrected chi connectivity index (χ1v) is 20.5. The zero-order chi connectivity index (χ0) is 36.8. The Labute approximate surface area is 308 Å². The molecule has 4 heterocycles. The number of urea groups is 1. The Balaban J connectivity index is 1.20. The van der Waals surface area contributed by atoms with Crippen LogP contribution in [-0.4, -0.2) is 84.3 Å². The van der Waals surface area contributed by atoms with Crippen LogP contribution in [0.15, 0.2) is 35.7 Å². The summed E-state index contributed by atoms with van der Waals surface area (Å²) in [5.74, 6) is -0.167. The summed E-state index contributed by atoms with van der Waals surface area (Å²) in [6.07, 6.45) is 8.09. The highest BCUT2D eigenvalue weighted by Crippen LogP contribution is 2.46. The van der Waals surface area contributed by atoms with Gasteiger partial charge in [-0.25, -0.2) is 23.2 Å². The Bertz CT molecular complexity index is 2030. The maximum Gasteiger partial charge on any atom is 0.318 e. The van der Waals surface area contributed by atoms with E-state index in [1.54, 1.807) is 7.11 Å². The van der Waals surface area contributed by atoms with Gasteiger partial charge in [0.1, 0.15) is 39.9 Å². The second-order valence-electron chi connectivity index (χ2n) is 14.6. The van der Waals surface area contributed by atoms with Crippen LogP contribution in [0.25, 0.3) is 21.6 Å². The van der Waals surface area contributed by atoms with Crippen molar-refractivity contribution in [3.63, 3.8) is 0 Å². The van der Waals surface area contributed by atoms with Crippen molar-refractivity contribution in [3.8, 4) is 22.2 Å². The molecule has 0 bridgehead atoms. The van der Waals surface area contributed by atoms with E-state index < -0.39 is 50.8 Å². The van der Waals surface area contributed by atoms with Crippen LogP contribution in [0, 0.1) is 12.8 Å². The van der Waals surface area contributed by atoms with E-state index >= 15 is 0 Å². The fourth-order valence-electron chi connectivity index (χ4n) is 7.10. The van der Waals surface area contributed by atoms with Crippen LogP contribution >= 0.6 is 11.3 Å². The number of fused-ring (bicyclic) bond motifs is 3. The third kappa shape index (κ3) is 7.21. The number of aryl methyl sites for hydroxylation is 1. The van der Waals surface area contributed by atoms with Gasteiger partial charge >= 0.3 is 6.03 Å². The van der Waals surface area contributed by atoms with Gasteiger partial charge in [0.15, 0.2) is 0 Å². The number of benzene rings is 1. The normalized spacial score (nSPS) is 26.0. The molecule has 3 fully saturated rings. The van der Waals surface area contributed by atoms with Gasteiger partial charge in [0.2, 0.25) is 15.9 Å². The molecule has 1 unspecified atom stereocenters. The van der Waals surface area contributed by atoms with E-state index in [2.05, 4.69) is 29.2 Å². The largest absolute Gasteiger partial charge is 0.496 e. The third-order valence-electron chi connectivity index (χ3n) is 10.5. The van der Waals surface area contributed by atoms with E-state index in [1.807, 2.05) is 42.7 Å². The molecule has 2 saturated carbocycles. The molecule has 4 amide bonds. The lowest BCUT2D eigenvalue weighted by Gasteiger charge is -2.26. The number of amides is 4. The Kier molecular flexibility index (Phi) is 9.93. The van der Waals surface area contributed by atoms with Crippen molar-refractivity contribution in [1.82, 2.24) is 30.2 Å². The number of ether oxygens (including phenoxy) is 2. The summed E-state index contributed by atoms with van der Waals surface area (Å²) in [6.45, 7) is 6.69. The minimum absolute atomic E-state index is 0.117. The van der Waals surface area contributed by atoms with Crippen molar-refractivity contribution in [1.29, 1.82) is 0 Å². The summed E-state index contributed by atoms with van der Waals surface area (Å²) in [6, 6.07) is 4.24. The monoisotopic (exact) mass is 750 g/mol. The average Bonchev–Trinajstić information content (AvgIpc) is 3.98. The van der Waals surface area contributed by atoms with Crippen LogP contribution in [0.3, 0.4) is 0 Å². The molecule has 15 heteroatoms. The number of hydrogen-bond acceptors (Lipinski definition) is 10. The summed E-state index contributed by atoms with van der Waals surface area (Å²) in [5, 5.41) is 8.81. The van der Waals surface area contributed by atoms with E-state index in [9.17, 15) is 22.8 Å². The molecular weight excluding hydrogens is 705 g/mol. The molecule has 52 heavy (non-hydrogen) atoms. The van der Waals surface area contributed by atoms with Gasteiger partial charge in [-0.15, -0.1) is 11.3 Å². The highest BCUT2D eigenvalue weighted by atomic mass is 32.2. The van der Waals surface area contributed by atoms with Gasteiger partial charge in [-0.3, -0.25) is 14.3 Å². The van der Waals surface area contributed by atoms with Gasteiger partial charge in [-0.2, -0.15) is 0 Å². The number of hydrogen-bond donors (Lipinski definition) is 3. The quantitative estimate of drug-likeness (QED) is 0.270. The Hall–Kier alpha value is -4.24. The highest BCUT2D eigenvalue weighted by Gasteiger charge is 2.62. The minimum Gasteiger partial charge on any atom is -0.496 e. The van der Waals surface area contributed by atoms with Gasteiger partial charge in [0.05, 0.1) is 30.1 Å². The Morgan fingerprint density at radius 3 is 2.67 bits per heavy atom. The van der Waals surface area contributed by atoms with Crippen molar-refractivity contribution in [2.45, 2.75) is 101 Å². The lowest BCUT2D eigenvalue weighted by atomic mass is 10.1. The molecule has 13 nitrogen and oxygen atoms in total. The number of nitrogens with one attached hydrogen (secondary N) is 3. The number of carbonyl (C=O) groups excluding carboxylic acids is 3. The van der Waals surface area contributed by atoms with Crippen LogP contribution in [-0.2, 0) is 19.6 Å². The summed E-state index contributed by atoms with van der Waals surface area (Å²) in [4.78, 5) is 52.7. The maximum absolute atomic E-state index is 14.2. The highest BCUT2D eigenvalue weighted by molar-refractivity contribution is 7.91. The van der Waals surface area contributed by atoms with Crippen molar-refractivity contribution in [3.05, 3.63) is 47.0 Å². The first-order valence-electron chi connectivity index (χ1n) is 18.1.